The second-order valence-electron chi connectivity index (χ2n) is 21.0. The summed E-state index contributed by atoms with van der Waals surface area (Å²) in [6, 6.07) is 19.7. The summed E-state index contributed by atoms with van der Waals surface area (Å²) in [6.07, 6.45) is 7.68. The fourth-order valence-electron chi connectivity index (χ4n) is 12.6. The van der Waals surface area contributed by atoms with Crippen LogP contribution in [0.5, 0.6) is 11.5 Å². The summed E-state index contributed by atoms with van der Waals surface area (Å²) in [5.74, 6) is -1.09. The summed E-state index contributed by atoms with van der Waals surface area (Å²) < 4.78 is 46.0. The van der Waals surface area contributed by atoms with E-state index in [9.17, 15) is 19.2 Å². The van der Waals surface area contributed by atoms with Crippen molar-refractivity contribution in [3.63, 3.8) is 0 Å². The van der Waals surface area contributed by atoms with E-state index in [2.05, 4.69) is 50.7 Å². The maximum absolute atomic E-state index is 16.3. The van der Waals surface area contributed by atoms with Crippen molar-refractivity contribution in [2.24, 2.45) is 30.5 Å². The molecule has 5 aromatic rings. The van der Waals surface area contributed by atoms with Crippen molar-refractivity contribution in [3.05, 3.63) is 106 Å². The molecule has 5 aliphatic rings. The molecule has 4 aliphatic heterocycles. The molecule has 4 aromatic carbocycles. The second kappa shape index (κ2) is 20.7. The lowest BCUT2D eigenvalue weighted by molar-refractivity contribution is -0.139. The molecule has 10 rings (SSSR count). The van der Waals surface area contributed by atoms with Crippen LogP contribution in [-0.4, -0.2) is 102 Å². The number of aryl methyl sites for hydroxylation is 1. The van der Waals surface area contributed by atoms with E-state index in [1.807, 2.05) is 49.0 Å². The molecule has 5 amide bonds. The summed E-state index contributed by atoms with van der Waals surface area (Å²) in [6.45, 7) is 9.60. The molecule has 3 saturated heterocycles. The van der Waals surface area contributed by atoms with Gasteiger partial charge in [0.15, 0.2) is 23.0 Å². The largest absolute Gasteiger partial charge is 0.494 e. The zero-order valence-corrected chi connectivity index (χ0v) is 42.8. The minimum absolute atomic E-state index is 0.00256. The number of rotatable bonds is 13. The quantitative estimate of drug-likeness (QED) is 0.104. The lowest BCUT2D eigenvalue weighted by Crippen LogP contribution is -2.49. The number of carbonyl (C=O) groups is 4. The number of piperidine rings is 2. The molecule has 5 heterocycles. The third-order valence-electron chi connectivity index (χ3n) is 16.9. The number of urea groups is 1. The monoisotopic (exact) mass is 1020 g/mol. The third kappa shape index (κ3) is 9.55. The van der Waals surface area contributed by atoms with Gasteiger partial charge in [0.2, 0.25) is 17.7 Å². The number of likely N-dealkylation sites (tertiary alicyclic amines) is 2. The van der Waals surface area contributed by atoms with Crippen LogP contribution < -0.4 is 30.7 Å². The Balaban J connectivity index is 0.719. The summed E-state index contributed by atoms with van der Waals surface area (Å²) in [5, 5.41) is 11.4. The number of methoxy groups -OCH3 is 1. The van der Waals surface area contributed by atoms with Crippen molar-refractivity contribution >= 4 is 52.1 Å². The molecule has 1 aromatic heterocycles. The highest BCUT2D eigenvalue weighted by Gasteiger charge is 2.50. The first-order chi connectivity index (χ1) is 35.1. The van der Waals surface area contributed by atoms with E-state index in [1.54, 1.807) is 4.90 Å². The van der Waals surface area contributed by atoms with E-state index in [1.165, 1.54) is 30.9 Å². The number of hydrogen-bond acceptors (Lipinski definition) is 9. The SMILES string of the molecule is COc1ccc(C(N)=O)c(-c2c(Cl)c(F)cc3c2[C@H](C)[C@@](CNC2CCC(C(=O)N4CCC(CCN5CCC(c6ccc7c(N8CCC(=O)NC8=O)nn(C)c7c6)CC5)[C@H](C)C4)CC2)(c2ccccc2)O3)c1F. The lowest BCUT2D eigenvalue weighted by Gasteiger charge is -2.41. The van der Waals surface area contributed by atoms with E-state index < -0.39 is 35.1 Å². The number of nitrogens with zero attached hydrogens (tertiary/aromatic N) is 5. The van der Waals surface area contributed by atoms with E-state index in [-0.39, 0.29) is 63.4 Å². The molecule has 0 radical (unpaired) electrons. The number of nitrogens with two attached hydrogens (primary N) is 1. The van der Waals surface area contributed by atoms with Crippen molar-refractivity contribution < 1.29 is 37.4 Å². The van der Waals surface area contributed by atoms with Crippen LogP contribution >= 0.6 is 11.6 Å². The van der Waals surface area contributed by atoms with Gasteiger partial charge in [0, 0.05) is 85.7 Å². The molecule has 0 bridgehead atoms. The average Bonchev–Trinajstić information content (AvgIpc) is 3.88. The van der Waals surface area contributed by atoms with Gasteiger partial charge >= 0.3 is 6.03 Å². The molecule has 1 saturated carbocycles. The number of ether oxygens (including phenoxy) is 2. The predicted octanol–water partition coefficient (Wildman–Crippen LogP) is 9.02. The van der Waals surface area contributed by atoms with Gasteiger partial charge in [-0.05, 0) is 124 Å². The molecule has 1 aliphatic carbocycles. The molecular weight excluding hydrogens is 954 g/mol. The molecular formula is C56H65ClF2N8O6. The normalized spacial score (nSPS) is 24.9. The first-order valence-corrected chi connectivity index (χ1v) is 26.3. The van der Waals surface area contributed by atoms with Gasteiger partial charge in [0.25, 0.3) is 0 Å². The molecule has 4 atom stereocenters. The van der Waals surface area contributed by atoms with Crippen LogP contribution in [-0.2, 0) is 22.2 Å². The van der Waals surface area contributed by atoms with E-state index in [0.29, 0.717) is 42.2 Å². The van der Waals surface area contributed by atoms with E-state index >= 15 is 8.78 Å². The zero-order valence-electron chi connectivity index (χ0n) is 42.0. The molecule has 14 nitrogen and oxygen atoms in total. The Hall–Kier alpha value is -6.10. The molecule has 4 fully saturated rings. The first kappa shape index (κ1) is 50.4. The van der Waals surface area contributed by atoms with Gasteiger partial charge < -0.3 is 30.3 Å². The van der Waals surface area contributed by atoms with E-state index in [4.69, 9.17) is 26.8 Å². The summed E-state index contributed by atoms with van der Waals surface area (Å²) in [7, 11) is 3.20. The van der Waals surface area contributed by atoms with Gasteiger partial charge in [-0.1, -0.05) is 61.8 Å². The average molecular weight is 1020 g/mol. The van der Waals surface area contributed by atoms with Crippen LogP contribution in [0.3, 0.4) is 0 Å². The van der Waals surface area contributed by atoms with Crippen molar-refractivity contribution in [1.29, 1.82) is 0 Å². The Bertz CT molecular complexity index is 2940. The predicted molar refractivity (Wildman–Crippen MR) is 276 cm³/mol. The van der Waals surface area contributed by atoms with Gasteiger partial charge in [0.1, 0.15) is 11.6 Å². The topological polar surface area (TPSA) is 164 Å². The van der Waals surface area contributed by atoms with Crippen LogP contribution in [0.2, 0.25) is 5.02 Å². The first-order valence-electron chi connectivity index (χ1n) is 25.9. The van der Waals surface area contributed by atoms with Gasteiger partial charge in [-0.25, -0.2) is 13.6 Å². The van der Waals surface area contributed by atoms with Crippen LogP contribution in [0.1, 0.15) is 111 Å². The lowest BCUT2D eigenvalue weighted by atomic mass is 9.77. The molecule has 73 heavy (non-hydrogen) atoms. The minimum Gasteiger partial charge on any atom is -0.494 e. The fraction of sp³-hybridized carbons (Fsp3) is 0.482. The number of primary amides is 1. The van der Waals surface area contributed by atoms with Gasteiger partial charge in [-0.3, -0.25) is 29.3 Å². The number of carbonyl (C=O) groups excluding carboxylic acids is 4. The number of benzene rings is 4. The maximum Gasteiger partial charge on any atom is 0.329 e. The highest BCUT2D eigenvalue weighted by atomic mass is 35.5. The number of anilines is 1. The van der Waals surface area contributed by atoms with Crippen LogP contribution in [0.4, 0.5) is 19.4 Å². The number of amides is 5. The van der Waals surface area contributed by atoms with Crippen LogP contribution in [0.25, 0.3) is 22.0 Å². The molecule has 17 heteroatoms. The zero-order chi connectivity index (χ0) is 51.3. The van der Waals surface area contributed by atoms with Gasteiger partial charge in [-0.15, -0.1) is 0 Å². The summed E-state index contributed by atoms with van der Waals surface area (Å²) in [4.78, 5) is 57.4. The molecule has 1 unspecified atom stereocenters. The third-order valence-corrected chi connectivity index (χ3v) is 17.3. The second-order valence-corrected chi connectivity index (χ2v) is 21.4. The maximum atomic E-state index is 16.3. The number of hydrogen-bond donors (Lipinski definition) is 3. The molecule has 0 spiro atoms. The number of aromatic nitrogens is 2. The summed E-state index contributed by atoms with van der Waals surface area (Å²) >= 11 is 6.71. The minimum atomic E-state index is -1.06. The molecule has 4 N–H and O–H groups in total. The number of imide groups is 1. The van der Waals surface area contributed by atoms with Crippen molar-refractivity contribution in [2.75, 3.05) is 57.8 Å². The number of fused-ring (bicyclic) bond motifs is 2. The Morgan fingerprint density at radius 3 is 2.40 bits per heavy atom. The van der Waals surface area contributed by atoms with Crippen LogP contribution in [0, 0.1) is 29.4 Å². The standard InChI is InChI=1S/C56H65ClF2N8O6/c1-32-30-66(26-21-34(32)18-23-65-24-19-35(20-25-65)37-12-15-40-43(28-37)64(3)63-53(40)67-27-22-46(68)62-55(67)71)54(70)36-10-13-39(14-11-36)61-31-56(38-8-6-5-7-9-38)33(2)47-45(73-56)29-42(58)50(57)49(47)48-41(52(60)69)16-17-44(72-4)51(48)59/h5-9,12,15-17,28-29,32-36,39,61H,10-11,13-14,18-27,30-31H2,1-4H3,(H2,60,69)(H,62,68,71)/t32-,33+,34?,36?,39?,56+/m1/s1. The van der Waals surface area contributed by atoms with Crippen molar-refractivity contribution in [1.82, 2.24) is 30.2 Å². The van der Waals surface area contributed by atoms with Gasteiger partial charge in [-0.2, -0.15) is 5.10 Å². The number of halogens is 3. The van der Waals surface area contributed by atoms with Crippen LogP contribution in [0.15, 0.2) is 66.7 Å². The summed E-state index contributed by atoms with van der Waals surface area (Å²) in [5.41, 5.74) is 7.85. The van der Waals surface area contributed by atoms with E-state index in [0.717, 1.165) is 101 Å². The smallest absolute Gasteiger partial charge is 0.329 e. The van der Waals surface area contributed by atoms with Crippen molar-refractivity contribution in [2.45, 2.75) is 95.1 Å². The number of nitrogens with one attached hydrogen (secondary N) is 2. The Morgan fingerprint density at radius 2 is 1.70 bits per heavy atom. The van der Waals surface area contributed by atoms with Crippen molar-refractivity contribution in [3.8, 4) is 22.6 Å². The Morgan fingerprint density at radius 1 is 0.945 bits per heavy atom. The highest BCUT2D eigenvalue weighted by Crippen LogP contribution is 2.56. The highest BCUT2D eigenvalue weighted by molar-refractivity contribution is 6.34. The molecule has 386 valence electrons. The van der Waals surface area contributed by atoms with Gasteiger partial charge in [0.05, 0.1) is 23.2 Å². The Kier molecular flexibility index (Phi) is 14.3. The Labute approximate surface area is 429 Å². The fourth-order valence-corrected chi connectivity index (χ4v) is 12.9.